The summed E-state index contributed by atoms with van der Waals surface area (Å²) in [6.07, 6.45) is 4.67. The molecular weight excluding hydrogens is 430 g/mol. The maximum atomic E-state index is 4.93. The van der Waals surface area contributed by atoms with Crippen molar-refractivity contribution in [2.45, 2.75) is 66.5 Å². The molecule has 0 saturated carbocycles. The molecule has 24 heavy (non-hydrogen) atoms. The van der Waals surface area contributed by atoms with Gasteiger partial charge in [-0.25, -0.2) is 12.1 Å². The van der Waals surface area contributed by atoms with Crippen molar-refractivity contribution in [1.82, 2.24) is 0 Å². The van der Waals surface area contributed by atoms with Gasteiger partial charge in [-0.3, -0.25) is 0 Å². The zero-order valence-corrected chi connectivity index (χ0v) is 21.3. The summed E-state index contributed by atoms with van der Waals surface area (Å²) in [6, 6.07) is 13.4. The van der Waals surface area contributed by atoms with E-state index in [0.717, 1.165) is 9.52 Å². The van der Waals surface area contributed by atoms with Crippen LogP contribution in [0.5, 0.6) is 0 Å². The fraction of sp³-hybridized carbons (Fsp3) is 0.500. The summed E-state index contributed by atoms with van der Waals surface area (Å²) in [4.78, 5) is 0. The first-order chi connectivity index (χ1) is 11.6. The Morgan fingerprint density at radius 2 is 1.08 bits per heavy atom. The van der Waals surface area contributed by atoms with E-state index in [9.17, 15) is 0 Å². The van der Waals surface area contributed by atoms with E-state index in [0.29, 0.717) is 0 Å². The predicted octanol–water partition coefficient (Wildman–Crippen LogP) is 6.96. The molecule has 0 saturated heterocycles. The van der Waals surface area contributed by atoms with Gasteiger partial charge in [0.25, 0.3) is 0 Å². The maximum absolute atomic E-state index is 4.93. The molecule has 0 bridgehead atoms. The van der Waals surface area contributed by atoms with Gasteiger partial charge in [0.05, 0.1) is 0 Å². The predicted molar refractivity (Wildman–Crippen MR) is 112 cm³/mol. The summed E-state index contributed by atoms with van der Waals surface area (Å²) in [5, 5.41) is 0. The zero-order chi connectivity index (χ0) is 18.8. The van der Waals surface area contributed by atoms with Crippen LogP contribution in [0.4, 0.5) is 0 Å². The summed E-state index contributed by atoms with van der Waals surface area (Å²) in [5.41, 5.74) is 5.86. The quantitative estimate of drug-likeness (QED) is 0.340. The molecule has 2 aromatic carbocycles. The fourth-order valence-corrected chi connectivity index (χ4v) is 1.98. The van der Waals surface area contributed by atoms with Gasteiger partial charge in [-0.05, 0) is 0 Å². The summed E-state index contributed by atoms with van der Waals surface area (Å²) in [5.74, 6) is 0. The van der Waals surface area contributed by atoms with Crippen LogP contribution in [0.25, 0.3) is 0 Å². The molecule has 0 unspecified atom stereocenters. The van der Waals surface area contributed by atoms with E-state index in [4.69, 9.17) is 17.0 Å². The van der Waals surface area contributed by atoms with Crippen molar-refractivity contribution < 1.29 is 20.8 Å². The molecule has 0 aliphatic heterocycles. The van der Waals surface area contributed by atoms with Crippen molar-refractivity contribution in [3.8, 4) is 0 Å². The van der Waals surface area contributed by atoms with Crippen LogP contribution in [0, 0.1) is 0 Å². The van der Waals surface area contributed by atoms with Crippen molar-refractivity contribution in [2.75, 3.05) is 0 Å². The standard InChI is InChI=1S/2C9H13.C2H7Si.2ClH.Zr/c2*1-3-8-5-6-9(4-2)7-8;1-3-2;;;/h2*5-7H,3-4H2,1-2H3;3H,1-2H3;2*1H;/q2*-1;;;;+4/p-2. The molecule has 0 N–H and O–H groups in total. The van der Waals surface area contributed by atoms with Crippen LogP contribution in [0.1, 0.15) is 49.9 Å². The average Bonchev–Trinajstić information content (AvgIpc) is 3.25. The van der Waals surface area contributed by atoms with E-state index in [1.54, 1.807) is 0 Å². The van der Waals surface area contributed by atoms with E-state index in [1.807, 2.05) is 0 Å². The molecule has 135 valence electrons. The third kappa shape index (κ3) is 14.7. The summed E-state index contributed by atoms with van der Waals surface area (Å²) >= 11 is -0.826. The fourth-order valence-electron chi connectivity index (χ4n) is 1.98. The van der Waals surface area contributed by atoms with Crippen molar-refractivity contribution in [3.63, 3.8) is 0 Å². The van der Waals surface area contributed by atoms with Crippen LogP contribution < -0.4 is 0 Å². The van der Waals surface area contributed by atoms with Crippen LogP contribution in [0.3, 0.4) is 0 Å². The second kappa shape index (κ2) is 19.7. The van der Waals surface area contributed by atoms with Gasteiger partial charge in [0, 0.05) is 9.52 Å². The van der Waals surface area contributed by atoms with Gasteiger partial charge in [-0.2, -0.15) is 46.5 Å². The number of halogens is 2. The Morgan fingerprint density at radius 3 is 1.21 bits per heavy atom. The van der Waals surface area contributed by atoms with Gasteiger partial charge in [0.1, 0.15) is 0 Å². The molecular formula is C20H33Cl2SiZr. The SMILES string of the molecule is CCc1c[cH-]c(CC)c1.CCc1c[cH-]c(CC)c1.C[SiH]C.[Cl][Zr+2][Cl]. The van der Waals surface area contributed by atoms with E-state index >= 15 is 0 Å². The number of hydrogen-bond acceptors (Lipinski definition) is 0. The zero-order valence-electron chi connectivity index (χ0n) is 16.1. The Hall–Kier alpha value is 0.380. The van der Waals surface area contributed by atoms with Gasteiger partial charge in [-0.15, -0.1) is 0 Å². The normalized spacial score (nSPS) is 8.67. The molecule has 0 aromatic heterocycles. The first-order valence-electron chi connectivity index (χ1n) is 8.75. The van der Waals surface area contributed by atoms with E-state index in [1.165, 1.54) is 47.9 Å². The van der Waals surface area contributed by atoms with Crippen LogP contribution in [-0.4, -0.2) is 9.52 Å². The Kier molecular flexibility index (Phi) is 21.8. The molecule has 0 fully saturated rings. The molecule has 0 amide bonds. The molecule has 1 radical (unpaired) electrons. The molecule has 0 atom stereocenters. The van der Waals surface area contributed by atoms with E-state index in [-0.39, 0.29) is 0 Å². The Bertz CT molecular complexity index is 396. The Balaban J connectivity index is 0. The van der Waals surface area contributed by atoms with Gasteiger partial charge >= 0.3 is 37.9 Å². The molecule has 0 heterocycles. The van der Waals surface area contributed by atoms with E-state index in [2.05, 4.69) is 77.2 Å². The third-order valence-electron chi connectivity index (χ3n) is 3.40. The van der Waals surface area contributed by atoms with Gasteiger partial charge < -0.3 is 0 Å². The summed E-state index contributed by atoms with van der Waals surface area (Å²) < 4.78 is 0. The number of rotatable bonds is 4. The minimum atomic E-state index is -0.826. The molecule has 0 aliphatic rings. The number of hydrogen-bond donors (Lipinski definition) is 0. The molecule has 2 rings (SSSR count). The van der Waals surface area contributed by atoms with Crippen LogP contribution >= 0.6 is 17.0 Å². The number of aryl methyl sites for hydroxylation is 4. The third-order valence-corrected chi connectivity index (χ3v) is 3.40. The first-order valence-corrected chi connectivity index (χ1v) is 17.4. The monoisotopic (exact) mass is 461 g/mol. The topological polar surface area (TPSA) is 0 Å². The van der Waals surface area contributed by atoms with Gasteiger partial charge in [0.2, 0.25) is 0 Å². The van der Waals surface area contributed by atoms with Crippen molar-refractivity contribution in [2.24, 2.45) is 0 Å². The Morgan fingerprint density at radius 1 is 0.792 bits per heavy atom. The molecule has 0 nitrogen and oxygen atoms in total. The van der Waals surface area contributed by atoms with Crippen molar-refractivity contribution >= 4 is 26.5 Å². The second-order valence-corrected chi connectivity index (χ2v) is 10.2. The summed E-state index contributed by atoms with van der Waals surface area (Å²) in [6.45, 7) is 13.2. The van der Waals surface area contributed by atoms with Crippen LogP contribution in [0.15, 0.2) is 36.4 Å². The van der Waals surface area contributed by atoms with E-state index < -0.39 is 20.8 Å². The van der Waals surface area contributed by atoms with Crippen LogP contribution in [0.2, 0.25) is 13.1 Å². The molecule has 4 heteroatoms. The average molecular weight is 464 g/mol. The Labute approximate surface area is 171 Å². The first kappa shape index (κ1) is 26.6. The van der Waals surface area contributed by atoms with Gasteiger partial charge in [-0.1, -0.05) is 66.5 Å². The summed E-state index contributed by atoms with van der Waals surface area (Å²) in [7, 11) is 10.6. The second-order valence-electron chi connectivity index (χ2n) is 5.32. The molecule has 0 spiro atoms. The van der Waals surface area contributed by atoms with Crippen molar-refractivity contribution in [3.05, 3.63) is 58.7 Å². The van der Waals surface area contributed by atoms with Crippen LogP contribution in [-0.2, 0) is 46.5 Å². The van der Waals surface area contributed by atoms with Crippen molar-refractivity contribution in [1.29, 1.82) is 0 Å². The molecule has 2 aromatic rings. The minimum absolute atomic E-state index is 0.750. The molecule has 0 aliphatic carbocycles. The van der Waals surface area contributed by atoms with Gasteiger partial charge in [0.15, 0.2) is 0 Å².